The summed E-state index contributed by atoms with van der Waals surface area (Å²) in [6.45, 7) is 1.95. The van der Waals surface area contributed by atoms with Crippen molar-refractivity contribution in [1.29, 1.82) is 0 Å². The Labute approximate surface area is 115 Å². The molecule has 0 saturated heterocycles. The molecule has 2 aromatic heterocycles. The third-order valence-electron chi connectivity index (χ3n) is 3.37. The summed E-state index contributed by atoms with van der Waals surface area (Å²) < 4.78 is 5.82. The fourth-order valence-corrected chi connectivity index (χ4v) is 2.26. The van der Waals surface area contributed by atoms with Gasteiger partial charge in [0.05, 0.1) is 5.56 Å². The van der Waals surface area contributed by atoms with Crippen molar-refractivity contribution in [3.05, 3.63) is 65.2 Å². The predicted molar refractivity (Wildman–Crippen MR) is 75.0 cm³/mol. The average Bonchev–Trinajstić information content (AvgIpc) is 2.76. The van der Waals surface area contributed by atoms with Crippen LogP contribution in [0.1, 0.15) is 27.2 Å². The first-order valence-electron chi connectivity index (χ1n) is 6.29. The van der Waals surface area contributed by atoms with E-state index in [2.05, 4.69) is 4.98 Å². The molecule has 0 fully saturated rings. The van der Waals surface area contributed by atoms with E-state index in [9.17, 15) is 4.79 Å². The fourth-order valence-electron chi connectivity index (χ4n) is 2.26. The first-order chi connectivity index (χ1) is 9.65. The fraction of sp³-hybridized carbons (Fsp3) is 0.125. The molecule has 0 aliphatic carbocycles. The number of hydrogen-bond donors (Lipinski definition) is 1. The smallest absolute Gasteiger partial charge is 0.335 e. The molecule has 4 nitrogen and oxygen atoms in total. The zero-order valence-corrected chi connectivity index (χ0v) is 11.0. The summed E-state index contributed by atoms with van der Waals surface area (Å²) in [6, 6.07) is 8.79. The lowest BCUT2D eigenvalue weighted by atomic mass is 10.1. The number of carbonyl (C=O) groups is 1. The summed E-state index contributed by atoms with van der Waals surface area (Å²) in [5.41, 5.74) is 3.03. The van der Waals surface area contributed by atoms with Gasteiger partial charge in [-0.1, -0.05) is 6.07 Å². The molecule has 0 atom stereocenters. The van der Waals surface area contributed by atoms with E-state index >= 15 is 0 Å². The van der Waals surface area contributed by atoms with Gasteiger partial charge in [0.2, 0.25) is 0 Å². The van der Waals surface area contributed by atoms with E-state index in [0.29, 0.717) is 12.0 Å². The first kappa shape index (κ1) is 12.4. The number of benzene rings is 1. The molecule has 1 aromatic carbocycles. The number of aromatic carboxylic acids is 1. The van der Waals surface area contributed by atoms with Crippen LogP contribution in [0.2, 0.25) is 0 Å². The van der Waals surface area contributed by atoms with Crippen LogP contribution in [0, 0.1) is 6.92 Å². The lowest BCUT2D eigenvalue weighted by Gasteiger charge is -1.98. The van der Waals surface area contributed by atoms with Crippen LogP contribution in [0.5, 0.6) is 0 Å². The van der Waals surface area contributed by atoms with E-state index in [4.69, 9.17) is 9.52 Å². The maximum Gasteiger partial charge on any atom is 0.335 e. The summed E-state index contributed by atoms with van der Waals surface area (Å²) in [6.07, 6.45) is 4.18. The lowest BCUT2D eigenvalue weighted by Crippen LogP contribution is -1.94. The van der Waals surface area contributed by atoms with Gasteiger partial charge in [-0.15, -0.1) is 0 Å². The van der Waals surface area contributed by atoms with E-state index in [1.54, 1.807) is 30.6 Å². The normalized spacial score (nSPS) is 10.8. The Morgan fingerprint density at radius 1 is 1.35 bits per heavy atom. The van der Waals surface area contributed by atoms with E-state index in [0.717, 1.165) is 22.3 Å². The minimum absolute atomic E-state index is 0.273. The molecule has 0 aliphatic heterocycles. The van der Waals surface area contributed by atoms with Crippen molar-refractivity contribution in [2.45, 2.75) is 13.3 Å². The lowest BCUT2D eigenvalue weighted by molar-refractivity contribution is 0.0697. The predicted octanol–water partition coefficient (Wildman–Crippen LogP) is 3.43. The molecule has 0 saturated carbocycles. The van der Waals surface area contributed by atoms with E-state index in [1.165, 1.54) is 0 Å². The van der Waals surface area contributed by atoms with E-state index < -0.39 is 5.97 Å². The maximum atomic E-state index is 11.0. The highest BCUT2D eigenvalue weighted by atomic mass is 16.4. The molecule has 3 rings (SSSR count). The summed E-state index contributed by atoms with van der Waals surface area (Å²) in [5.74, 6) is -0.0863. The molecule has 3 aromatic rings. The molecular weight excluding hydrogens is 254 g/mol. The van der Waals surface area contributed by atoms with Crippen molar-refractivity contribution in [3.63, 3.8) is 0 Å². The zero-order valence-electron chi connectivity index (χ0n) is 11.0. The van der Waals surface area contributed by atoms with Gasteiger partial charge in [-0.2, -0.15) is 0 Å². The van der Waals surface area contributed by atoms with Gasteiger partial charge in [-0.25, -0.2) is 4.79 Å². The monoisotopic (exact) mass is 267 g/mol. The van der Waals surface area contributed by atoms with Crippen LogP contribution in [0.25, 0.3) is 11.0 Å². The molecule has 4 heteroatoms. The van der Waals surface area contributed by atoms with Gasteiger partial charge < -0.3 is 9.52 Å². The van der Waals surface area contributed by atoms with Crippen LogP contribution in [0.15, 0.2) is 47.1 Å². The summed E-state index contributed by atoms with van der Waals surface area (Å²) >= 11 is 0. The van der Waals surface area contributed by atoms with Gasteiger partial charge in [0.25, 0.3) is 0 Å². The van der Waals surface area contributed by atoms with Gasteiger partial charge in [0, 0.05) is 24.2 Å². The molecule has 0 radical (unpaired) electrons. The number of nitrogens with zero attached hydrogens (tertiary/aromatic N) is 1. The number of fused-ring (bicyclic) bond motifs is 1. The van der Waals surface area contributed by atoms with Gasteiger partial charge in [0.15, 0.2) is 0 Å². The second kappa shape index (κ2) is 4.81. The maximum absolute atomic E-state index is 11.0. The van der Waals surface area contributed by atoms with Crippen LogP contribution in [-0.4, -0.2) is 16.1 Å². The van der Waals surface area contributed by atoms with Crippen molar-refractivity contribution >= 4 is 16.9 Å². The Morgan fingerprint density at radius 3 is 2.90 bits per heavy atom. The highest BCUT2D eigenvalue weighted by Gasteiger charge is 2.13. The highest BCUT2D eigenvalue weighted by Crippen LogP contribution is 2.27. The van der Waals surface area contributed by atoms with Crippen LogP contribution >= 0.6 is 0 Å². The molecule has 2 heterocycles. The first-order valence-corrected chi connectivity index (χ1v) is 6.29. The number of rotatable bonds is 3. The number of aryl methyl sites for hydroxylation is 1. The molecule has 0 spiro atoms. The molecular formula is C16H13NO3. The van der Waals surface area contributed by atoms with Crippen LogP contribution in [0.4, 0.5) is 0 Å². The minimum Gasteiger partial charge on any atom is -0.478 e. The molecule has 0 unspecified atom stereocenters. The Balaban J connectivity index is 2.05. The minimum atomic E-state index is -0.929. The molecule has 0 bridgehead atoms. The molecule has 0 aliphatic rings. The third kappa shape index (κ3) is 2.16. The van der Waals surface area contributed by atoms with Crippen LogP contribution in [0.3, 0.4) is 0 Å². The van der Waals surface area contributed by atoms with Crippen molar-refractivity contribution < 1.29 is 14.3 Å². The van der Waals surface area contributed by atoms with Crippen molar-refractivity contribution in [3.8, 4) is 0 Å². The van der Waals surface area contributed by atoms with Crippen LogP contribution < -0.4 is 0 Å². The second-order valence-electron chi connectivity index (χ2n) is 4.70. The van der Waals surface area contributed by atoms with Gasteiger partial charge in [-0.3, -0.25) is 4.98 Å². The second-order valence-corrected chi connectivity index (χ2v) is 4.70. The molecule has 20 heavy (non-hydrogen) atoms. The molecule has 100 valence electrons. The number of pyridine rings is 1. The topological polar surface area (TPSA) is 63.3 Å². The zero-order chi connectivity index (χ0) is 14.1. The standard InChI is InChI=1S/C16H13NO3/c1-10-13-8-12(16(18)19)4-5-14(13)20-15(10)7-11-3-2-6-17-9-11/h2-6,8-9H,7H2,1H3,(H,18,19). The number of aromatic nitrogens is 1. The van der Waals surface area contributed by atoms with Crippen molar-refractivity contribution in [2.75, 3.05) is 0 Å². The van der Waals surface area contributed by atoms with E-state index in [-0.39, 0.29) is 5.56 Å². The van der Waals surface area contributed by atoms with Gasteiger partial charge in [0.1, 0.15) is 11.3 Å². The molecule has 0 amide bonds. The SMILES string of the molecule is Cc1c(Cc2cccnc2)oc2ccc(C(=O)O)cc12. The number of furan rings is 1. The van der Waals surface area contributed by atoms with Crippen molar-refractivity contribution in [1.82, 2.24) is 4.98 Å². The Hall–Kier alpha value is -2.62. The quantitative estimate of drug-likeness (QED) is 0.789. The Bertz CT molecular complexity index is 775. The van der Waals surface area contributed by atoms with Gasteiger partial charge in [-0.05, 0) is 42.3 Å². The van der Waals surface area contributed by atoms with E-state index in [1.807, 2.05) is 19.1 Å². The molecule has 1 N–H and O–H groups in total. The summed E-state index contributed by atoms with van der Waals surface area (Å²) in [7, 11) is 0. The third-order valence-corrected chi connectivity index (χ3v) is 3.37. The highest BCUT2D eigenvalue weighted by molar-refractivity contribution is 5.94. The van der Waals surface area contributed by atoms with Crippen LogP contribution in [-0.2, 0) is 6.42 Å². The number of carboxylic acid groups (broad SMARTS) is 1. The number of hydrogen-bond acceptors (Lipinski definition) is 3. The number of carboxylic acids is 1. The average molecular weight is 267 g/mol. The van der Waals surface area contributed by atoms with Crippen molar-refractivity contribution in [2.24, 2.45) is 0 Å². The Morgan fingerprint density at radius 2 is 2.20 bits per heavy atom. The Kier molecular flexibility index (Phi) is 2.99. The largest absolute Gasteiger partial charge is 0.478 e. The van der Waals surface area contributed by atoms with Gasteiger partial charge >= 0.3 is 5.97 Å². The summed E-state index contributed by atoms with van der Waals surface area (Å²) in [4.78, 5) is 15.1. The summed E-state index contributed by atoms with van der Waals surface area (Å²) in [5, 5.41) is 9.89.